The molecule has 0 aromatic rings. The molecule has 0 bridgehead atoms. The molecule has 0 fully saturated rings. The largest absolute Gasteiger partial charge is 0.481 e. The molecule has 1 N–H and O–H groups in total. The first-order chi connectivity index (χ1) is 5.90. The van der Waals surface area contributed by atoms with Crippen molar-refractivity contribution in [1.82, 2.24) is 0 Å². The standard InChI is InChI=1S/C8H16O4S/c1-3-4-7(2)13(11,12)6-5-8(9)10/h7H,3-6H2,1-2H3,(H,9,10). The van der Waals surface area contributed by atoms with Crippen LogP contribution in [0.1, 0.15) is 33.1 Å². The Bertz CT molecular complexity index is 255. The number of sulfone groups is 1. The van der Waals surface area contributed by atoms with Crippen LogP contribution in [0.15, 0.2) is 0 Å². The summed E-state index contributed by atoms with van der Waals surface area (Å²) in [4.78, 5) is 10.2. The summed E-state index contributed by atoms with van der Waals surface area (Å²) < 4.78 is 22.7. The van der Waals surface area contributed by atoms with Crippen LogP contribution in [0.4, 0.5) is 0 Å². The molecule has 0 aliphatic rings. The summed E-state index contributed by atoms with van der Waals surface area (Å²) >= 11 is 0. The van der Waals surface area contributed by atoms with Gasteiger partial charge in [0.25, 0.3) is 0 Å². The topological polar surface area (TPSA) is 71.4 Å². The lowest BCUT2D eigenvalue weighted by molar-refractivity contribution is -0.136. The summed E-state index contributed by atoms with van der Waals surface area (Å²) in [5, 5.41) is 7.90. The van der Waals surface area contributed by atoms with Crippen molar-refractivity contribution in [2.75, 3.05) is 5.75 Å². The molecule has 0 aromatic heterocycles. The van der Waals surface area contributed by atoms with E-state index < -0.39 is 21.1 Å². The van der Waals surface area contributed by atoms with Crippen molar-refractivity contribution >= 4 is 15.8 Å². The van der Waals surface area contributed by atoms with Crippen LogP contribution in [-0.4, -0.2) is 30.5 Å². The van der Waals surface area contributed by atoms with Crippen molar-refractivity contribution in [3.8, 4) is 0 Å². The molecule has 0 aromatic carbocycles. The van der Waals surface area contributed by atoms with Crippen molar-refractivity contribution in [2.45, 2.75) is 38.4 Å². The van der Waals surface area contributed by atoms with Crippen LogP contribution < -0.4 is 0 Å². The molecule has 0 aliphatic carbocycles. The Morgan fingerprint density at radius 1 is 1.46 bits per heavy atom. The fourth-order valence-electron chi connectivity index (χ4n) is 1.02. The van der Waals surface area contributed by atoms with E-state index in [1.807, 2.05) is 6.92 Å². The maximum atomic E-state index is 11.4. The Morgan fingerprint density at radius 3 is 2.38 bits per heavy atom. The predicted molar refractivity (Wildman–Crippen MR) is 50.4 cm³/mol. The Hall–Kier alpha value is -0.580. The van der Waals surface area contributed by atoms with Gasteiger partial charge < -0.3 is 5.11 Å². The van der Waals surface area contributed by atoms with Gasteiger partial charge in [-0.25, -0.2) is 8.42 Å². The quantitative estimate of drug-likeness (QED) is 0.708. The highest BCUT2D eigenvalue weighted by Gasteiger charge is 2.20. The van der Waals surface area contributed by atoms with Gasteiger partial charge >= 0.3 is 5.97 Å². The summed E-state index contributed by atoms with van der Waals surface area (Å²) in [6, 6.07) is 0. The first-order valence-corrected chi connectivity index (χ1v) is 6.05. The SMILES string of the molecule is CCCC(C)S(=O)(=O)CCC(=O)O. The third kappa shape index (κ3) is 4.87. The van der Waals surface area contributed by atoms with E-state index in [1.165, 1.54) is 0 Å². The van der Waals surface area contributed by atoms with Crippen LogP contribution >= 0.6 is 0 Å². The van der Waals surface area contributed by atoms with Gasteiger partial charge in [0.1, 0.15) is 0 Å². The molecule has 4 nitrogen and oxygen atoms in total. The minimum absolute atomic E-state index is 0.247. The molecule has 5 heteroatoms. The normalized spacial score (nSPS) is 14.0. The number of rotatable bonds is 6. The fourth-order valence-corrected chi connectivity index (χ4v) is 2.47. The van der Waals surface area contributed by atoms with Crippen molar-refractivity contribution in [1.29, 1.82) is 0 Å². The molecule has 13 heavy (non-hydrogen) atoms. The molecule has 0 amide bonds. The average molecular weight is 208 g/mol. The number of hydrogen-bond acceptors (Lipinski definition) is 3. The number of carboxylic acid groups (broad SMARTS) is 1. The molecule has 1 unspecified atom stereocenters. The van der Waals surface area contributed by atoms with Crippen molar-refractivity contribution in [2.24, 2.45) is 0 Å². The van der Waals surface area contributed by atoms with E-state index in [9.17, 15) is 13.2 Å². The summed E-state index contributed by atoms with van der Waals surface area (Å²) in [5.41, 5.74) is 0. The van der Waals surface area contributed by atoms with Crippen LogP contribution in [0.5, 0.6) is 0 Å². The fraction of sp³-hybridized carbons (Fsp3) is 0.875. The van der Waals surface area contributed by atoms with Crippen molar-refractivity contribution in [3.05, 3.63) is 0 Å². The second-order valence-electron chi connectivity index (χ2n) is 3.11. The Labute approximate surface area is 78.9 Å². The van der Waals surface area contributed by atoms with E-state index >= 15 is 0 Å². The summed E-state index contributed by atoms with van der Waals surface area (Å²) in [6.07, 6.45) is 1.10. The minimum atomic E-state index is -3.20. The van der Waals surface area contributed by atoms with E-state index in [0.717, 1.165) is 6.42 Å². The van der Waals surface area contributed by atoms with Crippen LogP contribution in [0.2, 0.25) is 0 Å². The van der Waals surface area contributed by atoms with Gasteiger partial charge in [0.15, 0.2) is 9.84 Å². The molecule has 0 saturated carbocycles. The summed E-state index contributed by atoms with van der Waals surface area (Å²) in [5.74, 6) is -1.31. The third-order valence-electron chi connectivity index (χ3n) is 1.91. The monoisotopic (exact) mass is 208 g/mol. The zero-order valence-electron chi connectivity index (χ0n) is 7.99. The molecule has 0 aliphatic heterocycles. The van der Waals surface area contributed by atoms with Crippen LogP contribution in [-0.2, 0) is 14.6 Å². The highest BCUT2D eigenvalue weighted by atomic mass is 32.2. The van der Waals surface area contributed by atoms with E-state index in [-0.39, 0.29) is 12.2 Å². The molecule has 0 radical (unpaired) electrons. The summed E-state index contributed by atoms with van der Waals surface area (Å²) in [7, 11) is -3.20. The number of aliphatic carboxylic acids is 1. The highest BCUT2D eigenvalue weighted by molar-refractivity contribution is 7.92. The number of carboxylic acids is 1. The molecule has 1 atom stereocenters. The van der Waals surface area contributed by atoms with Gasteiger partial charge in [0.2, 0.25) is 0 Å². The second kappa shape index (κ2) is 5.21. The van der Waals surface area contributed by atoms with E-state index in [0.29, 0.717) is 6.42 Å². The molecular weight excluding hydrogens is 192 g/mol. The van der Waals surface area contributed by atoms with E-state index in [2.05, 4.69) is 0 Å². The highest BCUT2D eigenvalue weighted by Crippen LogP contribution is 2.09. The molecular formula is C8H16O4S. The maximum absolute atomic E-state index is 11.4. The lowest BCUT2D eigenvalue weighted by Crippen LogP contribution is -2.22. The van der Waals surface area contributed by atoms with Gasteiger partial charge in [-0.05, 0) is 13.3 Å². The van der Waals surface area contributed by atoms with Crippen LogP contribution in [0.3, 0.4) is 0 Å². The van der Waals surface area contributed by atoms with Gasteiger partial charge in [-0.3, -0.25) is 4.79 Å². The first-order valence-electron chi connectivity index (χ1n) is 4.33. The average Bonchev–Trinajstić information content (AvgIpc) is 2.01. The Morgan fingerprint density at radius 2 is 2.00 bits per heavy atom. The second-order valence-corrected chi connectivity index (χ2v) is 5.65. The lowest BCUT2D eigenvalue weighted by Gasteiger charge is -2.10. The van der Waals surface area contributed by atoms with E-state index in [4.69, 9.17) is 5.11 Å². The molecule has 78 valence electrons. The van der Waals surface area contributed by atoms with Gasteiger partial charge in [-0.2, -0.15) is 0 Å². The predicted octanol–water partition coefficient (Wildman–Crippen LogP) is 1.06. The minimum Gasteiger partial charge on any atom is -0.481 e. The third-order valence-corrected chi connectivity index (χ3v) is 4.14. The lowest BCUT2D eigenvalue weighted by atomic mass is 10.3. The van der Waals surface area contributed by atoms with Crippen LogP contribution in [0.25, 0.3) is 0 Å². The Balaban J connectivity index is 4.15. The zero-order valence-corrected chi connectivity index (χ0v) is 8.80. The number of hydrogen-bond donors (Lipinski definition) is 1. The van der Waals surface area contributed by atoms with E-state index in [1.54, 1.807) is 6.92 Å². The molecule has 0 saturated heterocycles. The number of carbonyl (C=O) groups is 1. The molecule has 0 spiro atoms. The molecule has 0 heterocycles. The smallest absolute Gasteiger partial charge is 0.304 e. The maximum Gasteiger partial charge on any atom is 0.304 e. The van der Waals surface area contributed by atoms with Gasteiger partial charge in [0, 0.05) is 0 Å². The molecule has 0 rings (SSSR count). The van der Waals surface area contributed by atoms with Gasteiger partial charge in [0.05, 0.1) is 17.4 Å². The van der Waals surface area contributed by atoms with Gasteiger partial charge in [-0.15, -0.1) is 0 Å². The first kappa shape index (κ1) is 12.4. The van der Waals surface area contributed by atoms with Crippen molar-refractivity contribution < 1.29 is 18.3 Å². The van der Waals surface area contributed by atoms with Crippen molar-refractivity contribution in [3.63, 3.8) is 0 Å². The van der Waals surface area contributed by atoms with Gasteiger partial charge in [-0.1, -0.05) is 13.3 Å². The zero-order chi connectivity index (χ0) is 10.5. The summed E-state index contributed by atoms with van der Waals surface area (Å²) in [6.45, 7) is 3.53. The van der Waals surface area contributed by atoms with Crippen LogP contribution in [0, 0.1) is 0 Å². The Kier molecular flexibility index (Phi) is 4.98.